The van der Waals surface area contributed by atoms with Gasteiger partial charge in [-0.05, 0) is 49.6 Å². The lowest BCUT2D eigenvalue weighted by Gasteiger charge is -2.36. The minimum atomic E-state index is -0.471. The van der Waals surface area contributed by atoms with Crippen LogP contribution in [0.4, 0.5) is 16.4 Å². The number of nitrogens with one attached hydrogen (secondary N) is 2. The first-order valence-corrected chi connectivity index (χ1v) is 10.5. The molecular weight excluding hydrogens is 436 g/mol. The lowest BCUT2D eigenvalue weighted by molar-refractivity contribution is -0.131. The van der Waals surface area contributed by atoms with Gasteiger partial charge < -0.3 is 20.4 Å². The summed E-state index contributed by atoms with van der Waals surface area (Å²) >= 11 is 3.36. The van der Waals surface area contributed by atoms with Gasteiger partial charge in [0.2, 0.25) is 11.9 Å². The Kier molecular flexibility index (Phi) is 5.94. The summed E-state index contributed by atoms with van der Waals surface area (Å²) in [6, 6.07) is 8.48. The summed E-state index contributed by atoms with van der Waals surface area (Å²) in [6.45, 7) is 2.32. The summed E-state index contributed by atoms with van der Waals surface area (Å²) in [5.74, 6) is 0.744. The van der Waals surface area contributed by atoms with E-state index in [0.717, 1.165) is 36.4 Å². The normalized spacial score (nSPS) is 20.0. The molecule has 0 radical (unpaired) electrons. The number of amides is 3. The molecule has 2 fully saturated rings. The molecule has 1 unspecified atom stereocenters. The summed E-state index contributed by atoms with van der Waals surface area (Å²) in [7, 11) is 0. The second kappa shape index (κ2) is 8.77. The van der Waals surface area contributed by atoms with Crippen LogP contribution in [-0.4, -0.2) is 58.5 Å². The van der Waals surface area contributed by atoms with Crippen LogP contribution >= 0.6 is 15.9 Å². The highest BCUT2D eigenvalue weighted by atomic mass is 79.9. The number of likely N-dealkylation sites (tertiary alicyclic amines) is 1. The maximum absolute atomic E-state index is 12.8. The second-order valence-corrected chi connectivity index (χ2v) is 8.16. The zero-order valence-electron chi connectivity index (χ0n) is 15.9. The van der Waals surface area contributed by atoms with E-state index < -0.39 is 6.04 Å². The first-order valence-electron chi connectivity index (χ1n) is 9.76. The fourth-order valence-electron chi connectivity index (χ4n) is 3.89. The molecule has 2 aromatic rings. The number of aromatic nitrogens is 2. The maximum atomic E-state index is 12.8. The Morgan fingerprint density at radius 3 is 2.41 bits per heavy atom. The Balaban J connectivity index is 1.28. The molecule has 2 aliphatic heterocycles. The summed E-state index contributed by atoms with van der Waals surface area (Å²) in [5.41, 5.74) is 0.684. The molecule has 0 saturated carbocycles. The molecule has 2 N–H and O–H groups in total. The van der Waals surface area contributed by atoms with Crippen molar-refractivity contribution in [3.05, 3.63) is 47.2 Å². The van der Waals surface area contributed by atoms with Crippen LogP contribution in [0.15, 0.2) is 47.2 Å². The van der Waals surface area contributed by atoms with E-state index in [9.17, 15) is 9.59 Å². The number of hydrogen-bond acceptors (Lipinski definition) is 5. The van der Waals surface area contributed by atoms with Gasteiger partial charge in [0.05, 0.1) is 0 Å². The van der Waals surface area contributed by atoms with Crippen molar-refractivity contribution < 1.29 is 9.59 Å². The summed E-state index contributed by atoms with van der Waals surface area (Å²) in [4.78, 5) is 37.8. The van der Waals surface area contributed by atoms with Crippen molar-refractivity contribution in [1.29, 1.82) is 0 Å². The standard InChI is InChI=1S/C20H23BrN6O2/c21-14-2-4-15(5-3-14)24-20(29)25-17-8-13-27(18(17)28)16-6-11-26(12-7-16)19-22-9-1-10-23-19/h1-5,9-10,16-17H,6-8,11-13H2,(H2,24,25,29). The number of anilines is 2. The van der Waals surface area contributed by atoms with Crippen molar-refractivity contribution in [2.24, 2.45) is 0 Å². The number of halogens is 1. The quantitative estimate of drug-likeness (QED) is 0.734. The third-order valence-electron chi connectivity index (χ3n) is 5.39. The van der Waals surface area contributed by atoms with Gasteiger partial charge in [-0.3, -0.25) is 4.79 Å². The largest absolute Gasteiger partial charge is 0.341 e. The van der Waals surface area contributed by atoms with Crippen LogP contribution in [0, 0.1) is 0 Å². The molecule has 152 valence electrons. The van der Waals surface area contributed by atoms with Gasteiger partial charge in [-0.25, -0.2) is 14.8 Å². The van der Waals surface area contributed by atoms with E-state index in [-0.39, 0.29) is 18.0 Å². The van der Waals surface area contributed by atoms with Crippen LogP contribution in [-0.2, 0) is 4.79 Å². The minimum absolute atomic E-state index is 0.00497. The van der Waals surface area contributed by atoms with Crippen molar-refractivity contribution in [3.8, 4) is 0 Å². The third-order valence-corrected chi connectivity index (χ3v) is 5.92. The van der Waals surface area contributed by atoms with Crippen molar-refractivity contribution in [1.82, 2.24) is 20.2 Å². The maximum Gasteiger partial charge on any atom is 0.319 e. The Morgan fingerprint density at radius 1 is 1.03 bits per heavy atom. The van der Waals surface area contributed by atoms with Crippen molar-refractivity contribution >= 4 is 39.5 Å². The molecule has 4 rings (SSSR count). The van der Waals surface area contributed by atoms with Gasteiger partial charge in [-0.15, -0.1) is 0 Å². The van der Waals surface area contributed by atoms with Crippen LogP contribution < -0.4 is 15.5 Å². The highest BCUT2D eigenvalue weighted by molar-refractivity contribution is 9.10. The first-order chi connectivity index (χ1) is 14.1. The number of carbonyl (C=O) groups excluding carboxylic acids is 2. The molecule has 9 heteroatoms. The Morgan fingerprint density at radius 2 is 1.72 bits per heavy atom. The molecule has 0 spiro atoms. The molecule has 3 amide bonds. The molecule has 2 saturated heterocycles. The highest BCUT2D eigenvalue weighted by Gasteiger charge is 2.38. The minimum Gasteiger partial charge on any atom is -0.341 e. The van der Waals surface area contributed by atoms with Crippen LogP contribution in [0.25, 0.3) is 0 Å². The second-order valence-electron chi connectivity index (χ2n) is 7.25. The molecule has 3 heterocycles. The smallest absolute Gasteiger partial charge is 0.319 e. The van der Waals surface area contributed by atoms with E-state index in [1.807, 2.05) is 17.0 Å². The van der Waals surface area contributed by atoms with Gasteiger partial charge in [-0.1, -0.05) is 15.9 Å². The fourth-order valence-corrected chi connectivity index (χ4v) is 4.15. The third kappa shape index (κ3) is 4.67. The Hall–Kier alpha value is -2.68. The lowest BCUT2D eigenvalue weighted by atomic mass is 10.0. The number of piperidine rings is 1. The van der Waals surface area contributed by atoms with Gasteiger partial charge in [0, 0.05) is 48.2 Å². The fraction of sp³-hybridized carbons (Fsp3) is 0.400. The topological polar surface area (TPSA) is 90.5 Å². The number of rotatable bonds is 4. The van der Waals surface area contributed by atoms with Crippen LogP contribution in [0.1, 0.15) is 19.3 Å². The van der Waals surface area contributed by atoms with E-state index in [2.05, 4.69) is 41.4 Å². The number of urea groups is 1. The Labute approximate surface area is 177 Å². The SMILES string of the molecule is O=C(Nc1ccc(Br)cc1)NC1CCN(C2CCN(c3ncccn3)CC2)C1=O. The summed E-state index contributed by atoms with van der Waals surface area (Å²) in [5, 5.41) is 5.58. The van der Waals surface area contributed by atoms with Gasteiger partial charge in [0.15, 0.2) is 0 Å². The molecule has 1 aromatic carbocycles. The zero-order valence-corrected chi connectivity index (χ0v) is 17.5. The van der Waals surface area contributed by atoms with Crippen molar-refractivity contribution in [2.75, 3.05) is 29.9 Å². The van der Waals surface area contributed by atoms with E-state index >= 15 is 0 Å². The molecular formula is C20H23BrN6O2. The summed E-state index contributed by atoms with van der Waals surface area (Å²) < 4.78 is 0.940. The Bertz CT molecular complexity index is 855. The number of benzene rings is 1. The monoisotopic (exact) mass is 458 g/mol. The van der Waals surface area contributed by atoms with Crippen molar-refractivity contribution in [3.63, 3.8) is 0 Å². The van der Waals surface area contributed by atoms with Gasteiger partial charge in [-0.2, -0.15) is 0 Å². The van der Waals surface area contributed by atoms with E-state index in [4.69, 9.17) is 0 Å². The predicted octanol–water partition coefficient (Wildman–Crippen LogP) is 2.63. The van der Waals surface area contributed by atoms with E-state index in [1.165, 1.54) is 0 Å². The average Bonchev–Trinajstić information content (AvgIpc) is 3.10. The molecule has 2 aliphatic rings. The summed E-state index contributed by atoms with van der Waals surface area (Å²) in [6.07, 6.45) is 5.88. The average molecular weight is 459 g/mol. The highest BCUT2D eigenvalue weighted by Crippen LogP contribution is 2.24. The molecule has 0 aliphatic carbocycles. The molecule has 1 atom stereocenters. The van der Waals surface area contributed by atoms with Gasteiger partial charge >= 0.3 is 6.03 Å². The first kappa shape index (κ1) is 19.6. The molecule has 1 aromatic heterocycles. The number of carbonyl (C=O) groups is 2. The number of hydrogen-bond donors (Lipinski definition) is 2. The van der Waals surface area contributed by atoms with Gasteiger partial charge in [0.1, 0.15) is 6.04 Å². The van der Waals surface area contributed by atoms with E-state index in [0.29, 0.717) is 18.7 Å². The molecule has 8 nitrogen and oxygen atoms in total. The van der Waals surface area contributed by atoms with E-state index in [1.54, 1.807) is 30.6 Å². The molecule has 0 bridgehead atoms. The van der Waals surface area contributed by atoms with Crippen molar-refractivity contribution in [2.45, 2.75) is 31.3 Å². The van der Waals surface area contributed by atoms with Gasteiger partial charge in [0.25, 0.3) is 0 Å². The predicted molar refractivity (Wildman–Crippen MR) is 114 cm³/mol. The number of nitrogens with zero attached hydrogens (tertiary/aromatic N) is 4. The van der Waals surface area contributed by atoms with Crippen LogP contribution in [0.3, 0.4) is 0 Å². The molecule has 29 heavy (non-hydrogen) atoms. The zero-order chi connectivity index (χ0) is 20.2. The van der Waals surface area contributed by atoms with Crippen LogP contribution in [0.5, 0.6) is 0 Å². The lowest BCUT2D eigenvalue weighted by Crippen LogP contribution is -2.49. The van der Waals surface area contributed by atoms with Crippen LogP contribution in [0.2, 0.25) is 0 Å².